The number of ether oxygens (including phenoxy) is 2. The molecule has 2 atom stereocenters. The molecule has 0 radical (unpaired) electrons. The number of aliphatic hydroxyl groups excluding tert-OH is 1. The molecule has 2 N–H and O–H groups in total. The van der Waals surface area contributed by atoms with E-state index in [-0.39, 0.29) is 36.8 Å². The van der Waals surface area contributed by atoms with Crippen LogP contribution in [0.2, 0.25) is 0 Å². The van der Waals surface area contributed by atoms with Crippen LogP contribution in [0.15, 0.2) is 48.5 Å². The van der Waals surface area contributed by atoms with Crippen molar-refractivity contribution in [1.29, 1.82) is 0 Å². The molecule has 202 valence electrons. The Morgan fingerprint density at radius 1 is 1.05 bits per heavy atom. The van der Waals surface area contributed by atoms with Crippen LogP contribution in [-0.2, 0) is 10.7 Å². The summed E-state index contributed by atoms with van der Waals surface area (Å²) in [6, 6.07) is 9.31. The van der Waals surface area contributed by atoms with Gasteiger partial charge in [0.05, 0.1) is 10.9 Å². The third-order valence-corrected chi connectivity index (χ3v) is 7.85. The smallest absolute Gasteiger partial charge is 0.358 e. The monoisotopic (exact) mass is 550 g/mol. The van der Waals surface area contributed by atoms with Crippen molar-refractivity contribution in [3.05, 3.63) is 70.6 Å². The molecule has 1 amide bonds. The number of fused-ring (bicyclic) bond motifs is 1. The molecule has 11 heteroatoms. The summed E-state index contributed by atoms with van der Waals surface area (Å²) < 4.78 is 69.2. The maximum absolute atomic E-state index is 15.3. The van der Waals surface area contributed by atoms with E-state index < -0.39 is 40.5 Å². The lowest BCUT2D eigenvalue weighted by Crippen LogP contribution is -2.50. The largest absolute Gasteiger partial charge is 0.486 e. The van der Waals surface area contributed by atoms with Crippen LogP contribution in [-0.4, -0.2) is 54.8 Å². The van der Waals surface area contributed by atoms with Crippen molar-refractivity contribution in [2.45, 2.75) is 30.9 Å². The number of nitrogens with one attached hydrogen (secondary N) is 1. The summed E-state index contributed by atoms with van der Waals surface area (Å²) in [5.41, 5.74) is 0.621. The number of carbonyl (C=O) groups excluding carboxylic acids is 1. The Morgan fingerprint density at radius 3 is 2.50 bits per heavy atom. The third-order valence-electron chi connectivity index (χ3n) is 6.64. The highest BCUT2D eigenvalue weighted by Crippen LogP contribution is 2.39. The molecule has 0 bridgehead atoms. The van der Waals surface area contributed by atoms with Crippen LogP contribution in [0.5, 0.6) is 11.5 Å². The minimum atomic E-state index is -3.90. The molecule has 1 saturated heterocycles. The maximum Gasteiger partial charge on any atom is 0.358 e. The Hall–Kier alpha value is -3.15. The minimum Gasteiger partial charge on any atom is -0.486 e. The van der Waals surface area contributed by atoms with Crippen LogP contribution in [0.1, 0.15) is 29.4 Å². The molecule has 3 aromatic rings. The first-order valence-electron chi connectivity index (χ1n) is 12.3. The van der Waals surface area contributed by atoms with Crippen molar-refractivity contribution in [2.24, 2.45) is 0 Å². The standard InChI is InChI=1S/C27H26F4N2O4S/c28-18-5-3-16(4-6-18)22-7-8-23(38-22)27(30,31)26(35)32-20(15-33-9-1-2-10-33)24(34)17-13-19(29)25-21(14-17)36-11-12-37-25/h3-8,13-14,20,24,34H,1-2,9-12,15H2,(H,32,35)/t20-,24-/m1/s1. The number of halogens is 4. The van der Waals surface area contributed by atoms with Gasteiger partial charge in [-0.15, -0.1) is 11.3 Å². The lowest BCUT2D eigenvalue weighted by molar-refractivity contribution is -0.148. The average molecular weight is 551 g/mol. The van der Waals surface area contributed by atoms with E-state index in [1.165, 1.54) is 36.4 Å². The number of aliphatic hydroxyl groups is 1. The van der Waals surface area contributed by atoms with E-state index >= 15 is 8.78 Å². The topological polar surface area (TPSA) is 71.0 Å². The quantitative estimate of drug-likeness (QED) is 0.392. The predicted molar refractivity (Wildman–Crippen MR) is 134 cm³/mol. The Kier molecular flexibility index (Phi) is 7.60. The molecule has 2 aromatic carbocycles. The van der Waals surface area contributed by atoms with Gasteiger partial charge in [-0.3, -0.25) is 4.79 Å². The number of benzene rings is 2. The third kappa shape index (κ3) is 5.50. The first-order valence-corrected chi connectivity index (χ1v) is 13.1. The van der Waals surface area contributed by atoms with E-state index in [0.29, 0.717) is 23.5 Å². The molecule has 1 fully saturated rings. The van der Waals surface area contributed by atoms with E-state index in [1.54, 1.807) is 0 Å². The predicted octanol–water partition coefficient (Wildman–Crippen LogP) is 4.87. The van der Waals surface area contributed by atoms with Crippen LogP contribution in [0, 0.1) is 11.6 Å². The highest BCUT2D eigenvalue weighted by molar-refractivity contribution is 7.15. The lowest BCUT2D eigenvalue weighted by Gasteiger charge is -2.30. The number of rotatable bonds is 8. The van der Waals surface area contributed by atoms with Gasteiger partial charge in [-0.25, -0.2) is 8.78 Å². The first kappa shape index (κ1) is 26.5. The lowest BCUT2D eigenvalue weighted by atomic mass is 10.00. The van der Waals surface area contributed by atoms with Crippen molar-refractivity contribution >= 4 is 17.2 Å². The van der Waals surface area contributed by atoms with Gasteiger partial charge < -0.3 is 24.8 Å². The fourth-order valence-electron chi connectivity index (χ4n) is 4.65. The summed E-state index contributed by atoms with van der Waals surface area (Å²) >= 11 is 0.723. The van der Waals surface area contributed by atoms with E-state index in [1.807, 2.05) is 4.90 Å². The van der Waals surface area contributed by atoms with Crippen molar-refractivity contribution < 1.29 is 36.9 Å². The number of carbonyl (C=O) groups is 1. The fourth-order valence-corrected chi connectivity index (χ4v) is 5.63. The maximum atomic E-state index is 15.3. The van der Waals surface area contributed by atoms with Crippen molar-refractivity contribution in [1.82, 2.24) is 10.2 Å². The number of hydrogen-bond donors (Lipinski definition) is 2. The van der Waals surface area contributed by atoms with Crippen molar-refractivity contribution in [3.63, 3.8) is 0 Å². The zero-order chi connectivity index (χ0) is 26.9. The SMILES string of the molecule is O=C(N[C@H](CN1CCCC1)[C@H](O)c1cc(F)c2c(c1)OCCO2)C(F)(F)c1ccc(-c2ccc(F)cc2)s1. The molecule has 5 rings (SSSR count). The Labute approximate surface area is 220 Å². The van der Waals surface area contributed by atoms with E-state index in [0.717, 1.165) is 36.3 Å². The van der Waals surface area contributed by atoms with Crippen molar-refractivity contribution in [3.8, 4) is 21.9 Å². The Balaban J connectivity index is 1.38. The fraction of sp³-hybridized carbons (Fsp3) is 0.370. The number of amides is 1. The van der Waals surface area contributed by atoms with Gasteiger partial charge in [-0.2, -0.15) is 8.78 Å². The second kappa shape index (κ2) is 10.9. The van der Waals surface area contributed by atoms with Crippen LogP contribution >= 0.6 is 11.3 Å². The summed E-state index contributed by atoms with van der Waals surface area (Å²) in [5, 5.41) is 13.5. The van der Waals surface area contributed by atoms with E-state index in [4.69, 9.17) is 9.47 Å². The van der Waals surface area contributed by atoms with Crippen LogP contribution in [0.25, 0.3) is 10.4 Å². The summed E-state index contributed by atoms with van der Waals surface area (Å²) in [6.07, 6.45) is 0.332. The van der Waals surface area contributed by atoms with Crippen LogP contribution < -0.4 is 14.8 Å². The summed E-state index contributed by atoms with van der Waals surface area (Å²) in [4.78, 5) is 14.8. The summed E-state index contributed by atoms with van der Waals surface area (Å²) in [6.45, 7) is 1.87. The van der Waals surface area contributed by atoms with E-state index in [2.05, 4.69) is 5.32 Å². The molecule has 1 aromatic heterocycles. The molecular weight excluding hydrogens is 524 g/mol. The van der Waals surface area contributed by atoms with Crippen molar-refractivity contribution in [2.75, 3.05) is 32.8 Å². The highest BCUT2D eigenvalue weighted by Gasteiger charge is 2.44. The van der Waals surface area contributed by atoms with Gasteiger partial charge in [0.15, 0.2) is 17.3 Å². The number of thiophene rings is 1. The van der Waals surface area contributed by atoms with Gasteiger partial charge in [0.25, 0.3) is 5.91 Å². The molecule has 2 aliphatic heterocycles. The molecule has 0 spiro atoms. The van der Waals surface area contributed by atoms with Gasteiger partial charge in [-0.1, -0.05) is 12.1 Å². The van der Waals surface area contributed by atoms with Crippen LogP contribution in [0.3, 0.4) is 0 Å². The first-order chi connectivity index (χ1) is 18.2. The summed E-state index contributed by atoms with van der Waals surface area (Å²) in [5.74, 6) is -6.65. The number of alkyl halides is 2. The molecule has 0 unspecified atom stereocenters. The van der Waals surface area contributed by atoms with Gasteiger partial charge in [0.1, 0.15) is 25.1 Å². The molecule has 0 aliphatic carbocycles. The highest BCUT2D eigenvalue weighted by atomic mass is 32.1. The van der Waals surface area contributed by atoms with Gasteiger partial charge >= 0.3 is 5.92 Å². The second-order valence-corrected chi connectivity index (χ2v) is 10.4. The van der Waals surface area contributed by atoms with Gasteiger partial charge in [0, 0.05) is 11.4 Å². The summed E-state index contributed by atoms with van der Waals surface area (Å²) in [7, 11) is 0. The Bertz CT molecular complexity index is 1290. The average Bonchev–Trinajstić information content (AvgIpc) is 3.61. The number of hydrogen-bond acceptors (Lipinski definition) is 6. The zero-order valence-corrected chi connectivity index (χ0v) is 21.1. The van der Waals surface area contributed by atoms with E-state index in [9.17, 15) is 18.7 Å². The molecule has 3 heterocycles. The van der Waals surface area contributed by atoms with Gasteiger partial charge in [-0.05, 0) is 73.5 Å². The molecular formula is C27H26F4N2O4S. The number of nitrogens with zero attached hydrogens (tertiary/aromatic N) is 1. The molecule has 2 aliphatic rings. The molecule has 6 nitrogen and oxygen atoms in total. The second-order valence-electron chi connectivity index (χ2n) is 9.30. The minimum absolute atomic E-state index is 0.0754. The van der Waals surface area contributed by atoms with Crippen LogP contribution in [0.4, 0.5) is 17.6 Å². The number of likely N-dealkylation sites (tertiary alicyclic amines) is 1. The Morgan fingerprint density at radius 2 is 1.76 bits per heavy atom. The normalized spacial score (nSPS) is 17.3. The molecule has 38 heavy (non-hydrogen) atoms. The zero-order valence-electron chi connectivity index (χ0n) is 20.3. The molecule has 0 saturated carbocycles. The van der Waals surface area contributed by atoms with Gasteiger partial charge in [0.2, 0.25) is 0 Å².